The Morgan fingerprint density at radius 1 is 1.17 bits per heavy atom. The van der Waals surface area contributed by atoms with Crippen LogP contribution in [-0.2, 0) is 19.1 Å². The predicted molar refractivity (Wildman–Crippen MR) is 83.7 cm³/mol. The first-order valence-corrected chi connectivity index (χ1v) is 7.00. The number of anilines is 1. The lowest BCUT2D eigenvalue weighted by Crippen LogP contribution is -2.10. The highest BCUT2D eigenvalue weighted by atomic mass is 16.6. The molecule has 1 aromatic rings. The lowest BCUT2D eigenvalue weighted by molar-refractivity contribution is -0.142. The van der Waals surface area contributed by atoms with Crippen LogP contribution in [0.1, 0.15) is 32.4 Å². The number of carbonyl (C=O) groups excluding carboxylic acids is 3. The number of amides is 1. The first kappa shape index (κ1) is 16.5. The number of esters is 1. The van der Waals surface area contributed by atoms with Crippen molar-refractivity contribution in [1.29, 1.82) is 0 Å². The number of ether oxygens (including phenoxy) is 1. The van der Waals surface area contributed by atoms with E-state index in [0.29, 0.717) is 11.3 Å². The van der Waals surface area contributed by atoms with Gasteiger partial charge < -0.3 is 15.2 Å². The number of allylic oxidation sites excluding steroid dienone is 2. The number of hydrogen-bond acceptors (Lipinski definition) is 5. The second-order valence-electron chi connectivity index (χ2n) is 5.44. The summed E-state index contributed by atoms with van der Waals surface area (Å²) in [6, 6.07) is 6.50. The fourth-order valence-electron chi connectivity index (χ4n) is 2.22. The number of ketones is 1. The SMILES string of the molecule is CC(=O)Nc1ccc([C@@H]2OC(=O)C(O)=C2C(=O)C=C(C)C)cc1. The molecule has 1 aliphatic heterocycles. The van der Waals surface area contributed by atoms with Crippen LogP contribution in [0, 0.1) is 0 Å². The number of rotatable bonds is 4. The third-order valence-corrected chi connectivity index (χ3v) is 3.15. The van der Waals surface area contributed by atoms with Crippen LogP contribution in [0.15, 0.2) is 47.2 Å². The molecule has 0 spiro atoms. The van der Waals surface area contributed by atoms with E-state index in [1.807, 2.05) is 0 Å². The van der Waals surface area contributed by atoms with E-state index in [-0.39, 0.29) is 11.5 Å². The molecule has 6 nitrogen and oxygen atoms in total. The van der Waals surface area contributed by atoms with E-state index in [4.69, 9.17) is 4.74 Å². The van der Waals surface area contributed by atoms with Gasteiger partial charge in [0.05, 0.1) is 5.57 Å². The molecule has 2 N–H and O–H groups in total. The van der Waals surface area contributed by atoms with Crippen molar-refractivity contribution in [2.75, 3.05) is 5.32 Å². The van der Waals surface area contributed by atoms with E-state index in [1.54, 1.807) is 38.1 Å². The summed E-state index contributed by atoms with van der Waals surface area (Å²) in [5.74, 6) is -2.26. The van der Waals surface area contributed by atoms with Gasteiger partial charge in [-0.15, -0.1) is 0 Å². The molecule has 1 aromatic carbocycles. The quantitative estimate of drug-likeness (QED) is 0.658. The Kier molecular flexibility index (Phi) is 4.64. The zero-order valence-corrected chi connectivity index (χ0v) is 13.0. The molecule has 23 heavy (non-hydrogen) atoms. The Morgan fingerprint density at radius 2 is 1.78 bits per heavy atom. The fourth-order valence-corrected chi connectivity index (χ4v) is 2.22. The van der Waals surface area contributed by atoms with Gasteiger partial charge in [0.2, 0.25) is 11.7 Å². The molecule has 120 valence electrons. The van der Waals surface area contributed by atoms with Crippen molar-refractivity contribution >= 4 is 23.3 Å². The average Bonchev–Trinajstić information content (AvgIpc) is 2.74. The highest BCUT2D eigenvalue weighted by Crippen LogP contribution is 2.35. The highest BCUT2D eigenvalue weighted by Gasteiger charge is 2.38. The van der Waals surface area contributed by atoms with Gasteiger partial charge >= 0.3 is 5.97 Å². The summed E-state index contributed by atoms with van der Waals surface area (Å²) in [7, 11) is 0. The largest absolute Gasteiger partial charge is 0.501 e. The number of nitrogens with one attached hydrogen (secondary N) is 1. The van der Waals surface area contributed by atoms with Gasteiger partial charge in [-0.2, -0.15) is 0 Å². The first-order chi connectivity index (χ1) is 10.8. The van der Waals surface area contributed by atoms with Crippen LogP contribution < -0.4 is 5.32 Å². The Morgan fingerprint density at radius 3 is 2.30 bits per heavy atom. The van der Waals surface area contributed by atoms with Gasteiger partial charge in [0, 0.05) is 12.6 Å². The van der Waals surface area contributed by atoms with Gasteiger partial charge in [-0.1, -0.05) is 17.7 Å². The van der Waals surface area contributed by atoms with E-state index < -0.39 is 23.6 Å². The van der Waals surface area contributed by atoms with Crippen molar-refractivity contribution in [3.05, 3.63) is 52.8 Å². The smallest absolute Gasteiger partial charge is 0.374 e. The van der Waals surface area contributed by atoms with Crippen molar-refractivity contribution in [2.45, 2.75) is 26.9 Å². The van der Waals surface area contributed by atoms with Gasteiger partial charge in [-0.3, -0.25) is 9.59 Å². The molecule has 0 bridgehead atoms. The molecule has 0 aromatic heterocycles. The van der Waals surface area contributed by atoms with Gasteiger partial charge in [0.15, 0.2) is 11.9 Å². The van der Waals surface area contributed by atoms with E-state index in [0.717, 1.165) is 5.57 Å². The van der Waals surface area contributed by atoms with Crippen molar-refractivity contribution in [3.8, 4) is 0 Å². The second-order valence-corrected chi connectivity index (χ2v) is 5.44. The average molecular weight is 315 g/mol. The van der Waals surface area contributed by atoms with Crippen LogP contribution in [0.3, 0.4) is 0 Å². The lowest BCUT2D eigenvalue weighted by atomic mass is 9.97. The molecule has 0 aliphatic carbocycles. The number of aliphatic hydroxyl groups excluding tert-OH is 1. The number of carbonyl (C=O) groups is 3. The van der Waals surface area contributed by atoms with Crippen molar-refractivity contribution < 1.29 is 24.2 Å². The molecule has 6 heteroatoms. The van der Waals surface area contributed by atoms with Gasteiger partial charge in [-0.25, -0.2) is 4.79 Å². The van der Waals surface area contributed by atoms with Crippen molar-refractivity contribution in [2.24, 2.45) is 0 Å². The van der Waals surface area contributed by atoms with Crippen LogP contribution in [-0.4, -0.2) is 22.8 Å². The number of cyclic esters (lactones) is 1. The van der Waals surface area contributed by atoms with Crippen LogP contribution in [0.2, 0.25) is 0 Å². The zero-order valence-electron chi connectivity index (χ0n) is 13.0. The van der Waals surface area contributed by atoms with Crippen LogP contribution in [0.25, 0.3) is 0 Å². The first-order valence-electron chi connectivity index (χ1n) is 7.00. The molecule has 0 fully saturated rings. The summed E-state index contributed by atoms with van der Waals surface area (Å²) < 4.78 is 5.10. The predicted octanol–water partition coefficient (Wildman–Crippen LogP) is 2.59. The molecule has 1 aliphatic rings. The molecule has 0 saturated heterocycles. The minimum absolute atomic E-state index is 0.0801. The van der Waals surface area contributed by atoms with Crippen LogP contribution in [0.4, 0.5) is 5.69 Å². The molecule has 1 heterocycles. The molecule has 1 amide bonds. The fraction of sp³-hybridized carbons (Fsp3) is 0.235. The van der Waals surface area contributed by atoms with Crippen molar-refractivity contribution in [3.63, 3.8) is 0 Å². The third-order valence-electron chi connectivity index (χ3n) is 3.15. The van der Waals surface area contributed by atoms with E-state index in [1.165, 1.54) is 13.0 Å². The minimum Gasteiger partial charge on any atom is -0.501 e. The molecular weight excluding hydrogens is 298 g/mol. The Hall–Kier alpha value is -2.89. The van der Waals surface area contributed by atoms with Crippen LogP contribution >= 0.6 is 0 Å². The normalized spacial score (nSPS) is 16.8. The maximum atomic E-state index is 12.2. The standard InChI is InChI=1S/C17H17NO5/c1-9(2)8-13(20)14-15(21)17(22)23-16(14)11-4-6-12(7-5-11)18-10(3)19/h4-8,16,21H,1-3H3,(H,18,19)/t16-/m0/s1. The number of hydrogen-bond donors (Lipinski definition) is 2. The minimum atomic E-state index is -0.961. The Bertz CT molecular complexity index is 724. The molecule has 0 radical (unpaired) electrons. The molecule has 2 rings (SSSR count). The zero-order chi connectivity index (χ0) is 17.1. The summed E-state index contributed by atoms with van der Waals surface area (Å²) >= 11 is 0. The summed E-state index contributed by atoms with van der Waals surface area (Å²) in [5.41, 5.74) is 1.77. The number of aliphatic hydroxyl groups is 1. The lowest BCUT2D eigenvalue weighted by Gasteiger charge is -2.13. The summed E-state index contributed by atoms with van der Waals surface area (Å²) in [6.07, 6.45) is 0.378. The molecular formula is C17H17NO5. The van der Waals surface area contributed by atoms with E-state index in [9.17, 15) is 19.5 Å². The van der Waals surface area contributed by atoms with E-state index in [2.05, 4.69) is 5.32 Å². The van der Waals surface area contributed by atoms with Crippen molar-refractivity contribution in [1.82, 2.24) is 0 Å². The second kappa shape index (κ2) is 6.48. The summed E-state index contributed by atoms with van der Waals surface area (Å²) in [6.45, 7) is 4.87. The third kappa shape index (κ3) is 3.66. The molecule has 1 atom stereocenters. The van der Waals surface area contributed by atoms with Gasteiger partial charge in [0.1, 0.15) is 0 Å². The number of benzene rings is 1. The Labute approximate surface area is 133 Å². The van der Waals surface area contributed by atoms with E-state index >= 15 is 0 Å². The summed E-state index contributed by atoms with van der Waals surface area (Å²) in [4.78, 5) is 34.8. The Balaban J connectivity index is 2.34. The monoisotopic (exact) mass is 315 g/mol. The highest BCUT2D eigenvalue weighted by molar-refractivity contribution is 6.11. The van der Waals surface area contributed by atoms with Gasteiger partial charge in [-0.05, 0) is 37.6 Å². The topological polar surface area (TPSA) is 92.7 Å². The maximum Gasteiger partial charge on any atom is 0.374 e. The molecule has 0 saturated carbocycles. The molecule has 0 unspecified atom stereocenters. The summed E-state index contributed by atoms with van der Waals surface area (Å²) in [5, 5.41) is 12.5. The van der Waals surface area contributed by atoms with Gasteiger partial charge in [0.25, 0.3) is 0 Å². The van der Waals surface area contributed by atoms with Crippen LogP contribution in [0.5, 0.6) is 0 Å². The maximum absolute atomic E-state index is 12.2.